The van der Waals surface area contributed by atoms with Gasteiger partial charge in [-0.3, -0.25) is 14.7 Å². The van der Waals surface area contributed by atoms with Crippen molar-refractivity contribution in [3.8, 4) is 0 Å². The second kappa shape index (κ2) is 10.7. The Morgan fingerprint density at radius 1 is 1.13 bits per heavy atom. The Labute approximate surface area is 188 Å². The van der Waals surface area contributed by atoms with Crippen LogP contribution in [0.1, 0.15) is 21.6 Å². The standard InChI is InChI=1S/C23H31N5O2S/c1-24-23(26-15-22(29)28-8-6-21-20(17-28)7-13-31-21)25-14-18-4-2-3-5-19(18)16-27-9-11-30-12-10-27/h2-5,7,13H,6,8-12,14-17H2,1H3,(H2,24,25,26). The molecule has 0 unspecified atom stereocenters. The van der Waals surface area contributed by atoms with Crippen molar-refractivity contribution in [1.82, 2.24) is 20.4 Å². The van der Waals surface area contributed by atoms with Crippen molar-refractivity contribution in [3.05, 3.63) is 57.3 Å². The zero-order chi connectivity index (χ0) is 21.5. The van der Waals surface area contributed by atoms with Gasteiger partial charge in [-0.15, -0.1) is 11.3 Å². The molecule has 31 heavy (non-hydrogen) atoms. The lowest BCUT2D eigenvalue weighted by Gasteiger charge is -2.28. The first kappa shape index (κ1) is 21.8. The molecule has 1 aromatic carbocycles. The van der Waals surface area contributed by atoms with Crippen molar-refractivity contribution in [2.24, 2.45) is 4.99 Å². The van der Waals surface area contributed by atoms with Crippen molar-refractivity contribution >= 4 is 23.2 Å². The summed E-state index contributed by atoms with van der Waals surface area (Å²) in [7, 11) is 1.73. The fraction of sp³-hybridized carbons (Fsp3) is 0.478. The van der Waals surface area contributed by atoms with Gasteiger partial charge in [-0.1, -0.05) is 24.3 Å². The topological polar surface area (TPSA) is 69.2 Å². The molecule has 0 atom stereocenters. The number of rotatable bonds is 6. The summed E-state index contributed by atoms with van der Waals surface area (Å²) in [6.07, 6.45) is 0.950. The van der Waals surface area contributed by atoms with E-state index in [9.17, 15) is 4.79 Å². The summed E-state index contributed by atoms with van der Waals surface area (Å²) in [4.78, 5) is 22.7. The quantitative estimate of drug-likeness (QED) is 0.529. The average molecular weight is 442 g/mol. The van der Waals surface area contributed by atoms with Crippen LogP contribution in [0.25, 0.3) is 0 Å². The maximum absolute atomic E-state index is 12.7. The normalized spacial score (nSPS) is 17.3. The molecule has 2 aromatic rings. The van der Waals surface area contributed by atoms with Crippen LogP contribution in [0, 0.1) is 0 Å². The largest absolute Gasteiger partial charge is 0.379 e. The number of benzene rings is 1. The van der Waals surface area contributed by atoms with E-state index in [-0.39, 0.29) is 12.5 Å². The number of fused-ring (bicyclic) bond motifs is 1. The minimum Gasteiger partial charge on any atom is -0.379 e. The van der Waals surface area contributed by atoms with Gasteiger partial charge in [-0.25, -0.2) is 0 Å². The van der Waals surface area contributed by atoms with Crippen molar-refractivity contribution in [2.75, 3.05) is 46.4 Å². The lowest BCUT2D eigenvalue weighted by molar-refractivity contribution is -0.130. The second-order valence-corrected chi connectivity index (χ2v) is 8.87. The van der Waals surface area contributed by atoms with Crippen LogP contribution in [0.5, 0.6) is 0 Å². The molecule has 0 aliphatic carbocycles. The molecule has 2 aliphatic heterocycles. The minimum absolute atomic E-state index is 0.104. The van der Waals surface area contributed by atoms with Crippen LogP contribution in [-0.2, 0) is 35.6 Å². The molecule has 1 aromatic heterocycles. The molecule has 1 fully saturated rings. The highest BCUT2D eigenvalue weighted by atomic mass is 32.1. The van der Waals surface area contributed by atoms with Crippen molar-refractivity contribution in [2.45, 2.75) is 26.1 Å². The van der Waals surface area contributed by atoms with Gasteiger partial charge in [-0.2, -0.15) is 0 Å². The van der Waals surface area contributed by atoms with Crippen LogP contribution in [-0.4, -0.2) is 68.1 Å². The smallest absolute Gasteiger partial charge is 0.242 e. The predicted octanol–water partition coefficient (Wildman–Crippen LogP) is 1.83. The Hall–Kier alpha value is -2.42. The van der Waals surface area contributed by atoms with Crippen molar-refractivity contribution in [1.29, 1.82) is 0 Å². The molecule has 2 aliphatic rings. The number of hydrogen-bond donors (Lipinski definition) is 2. The monoisotopic (exact) mass is 441 g/mol. The Bertz CT molecular complexity index is 907. The minimum atomic E-state index is 0.104. The highest BCUT2D eigenvalue weighted by molar-refractivity contribution is 7.10. The molecular weight excluding hydrogens is 410 g/mol. The molecule has 166 valence electrons. The van der Waals surface area contributed by atoms with Crippen LogP contribution < -0.4 is 10.6 Å². The number of amides is 1. The zero-order valence-corrected chi connectivity index (χ0v) is 18.9. The van der Waals surface area contributed by atoms with Crippen LogP contribution in [0.2, 0.25) is 0 Å². The second-order valence-electron chi connectivity index (χ2n) is 7.87. The molecule has 1 amide bonds. The third-order valence-electron chi connectivity index (χ3n) is 5.85. The van der Waals surface area contributed by atoms with Gasteiger partial charge >= 0.3 is 0 Å². The molecular formula is C23H31N5O2S. The van der Waals surface area contributed by atoms with E-state index in [0.29, 0.717) is 19.0 Å². The van der Waals surface area contributed by atoms with Crippen molar-refractivity contribution in [3.63, 3.8) is 0 Å². The average Bonchev–Trinajstić information content (AvgIpc) is 3.28. The van der Waals surface area contributed by atoms with E-state index in [0.717, 1.165) is 45.8 Å². The van der Waals surface area contributed by atoms with Gasteiger partial charge in [0.05, 0.1) is 19.8 Å². The SMILES string of the molecule is CN=C(NCC(=O)N1CCc2sccc2C1)NCc1ccccc1CN1CCOCC1. The van der Waals surface area contributed by atoms with E-state index in [1.54, 1.807) is 18.4 Å². The van der Waals surface area contributed by atoms with E-state index in [1.165, 1.54) is 21.6 Å². The Kier molecular flexibility index (Phi) is 7.56. The lowest BCUT2D eigenvalue weighted by atomic mass is 10.1. The molecule has 8 heteroatoms. The Morgan fingerprint density at radius 2 is 1.94 bits per heavy atom. The van der Waals surface area contributed by atoms with E-state index in [1.807, 2.05) is 4.90 Å². The summed E-state index contributed by atoms with van der Waals surface area (Å²) in [6.45, 7) is 6.86. The summed E-state index contributed by atoms with van der Waals surface area (Å²) in [6, 6.07) is 10.6. The summed E-state index contributed by atoms with van der Waals surface area (Å²) in [5, 5.41) is 8.65. The number of hydrogen-bond acceptors (Lipinski definition) is 5. The highest BCUT2D eigenvalue weighted by Gasteiger charge is 2.21. The number of guanidine groups is 1. The van der Waals surface area contributed by atoms with Gasteiger partial charge in [0.15, 0.2) is 5.96 Å². The summed E-state index contributed by atoms with van der Waals surface area (Å²) < 4.78 is 5.46. The third-order valence-corrected chi connectivity index (χ3v) is 6.88. The summed E-state index contributed by atoms with van der Waals surface area (Å²) in [5.74, 6) is 0.746. The number of thiophene rings is 1. The van der Waals surface area contributed by atoms with Gasteiger partial charge in [-0.05, 0) is 34.6 Å². The molecule has 0 spiro atoms. The predicted molar refractivity (Wildman–Crippen MR) is 124 cm³/mol. The molecule has 0 saturated carbocycles. The number of carbonyl (C=O) groups is 1. The fourth-order valence-corrected chi connectivity index (χ4v) is 4.91. The lowest BCUT2D eigenvalue weighted by Crippen LogP contribution is -2.45. The first-order valence-corrected chi connectivity index (χ1v) is 11.8. The number of nitrogens with one attached hydrogen (secondary N) is 2. The van der Waals surface area contributed by atoms with Gasteiger partial charge in [0, 0.05) is 51.2 Å². The van der Waals surface area contributed by atoms with Gasteiger partial charge in [0.25, 0.3) is 0 Å². The first-order valence-electron chi connectivity index (χ1n) is 10.9. The molecule has 4 rings (SSSR count). The first-order chi connectivity index (χ1) is 15.2. The van der Waals surface area contributed by atoms with Gasteiger partial charge < -0.3 is 20.3 Å². The molecule has 2 N–H and O–H groups in total. The molecule has 0 bridgehead atoms. The van der Waals surface area contributed by atoms with Crippen LogP contribution >= 0.6 is 11.3 Å². The summed E-state index contributed by atoms with van der Waals surface area (Å²) in [5.41, 5.74) is 3.83. The molecule has 3 heterocycles. The number of ether oxygens (including phenoxy) is 1. The maximum atomic E-state index is 12.7. The Morgan fingerprint density at radius 3 is 2.74 bits per heavy atom. The zero-order valence-electron chi connectivity index (χ0n) is 18.1. The Balaban J connectivity index is 1.27. The number of carbonyl (C=O) groups excluding carboxylic acids is 1. The number of nitrogens with zero attached hydrogens (tertiary/aromatic N) is 3. The fourth-order valence-electron chi connectivity index (χ4n) is 4.02. The maximum Gasteiger partial charge on any atom is 0.242 e. The van der Waals surface area contributed by atoms with Crippen LogP contribution in [0.15, 0.2) is 40.7 Å². The van der Waals surface area contributed by atoms with E-state index >= 15 is 0 Å². The van der Waals surface area contributed by atoms with E-state index in [2.05, 4.69) is 56.2 Å². The highest BCUT2D eigenvalue weighted by Crippen LogP contribution is 2.23. The van der Waals surface area contributed by atoms with E-state index < -0.39 is 0 Å². The van der Waals surface area contributed by atoms with E-state index in [4.69, 9.17) is 4.74 Å². The molecule has 7 nitrogen and oxygen atoms in total. The number of aliphatic imine (C=N–C) groups is 1. The molecule has 0 radical (unpaired) electrons. The summed E-state index contributed by atoms with van der Waals surface area (Å²) >= 11 is 1.79. The van der Waals surface area contributed by atoms with Gasteiger partial charge in [0.2, 0.25) is 5.91 Å². The van der Waals surface area contributed by atoms with Crippen LogP contribution in [0.3, 0.4) is 0 Å². The van der Waals surface area contributed by atoms with Crippen molar-refractivity contribution < 1.29 is 9.53 Å². The van der Waals surface area contributed by atoms with Gasteiger partial charge in [0.1, 0.15) is 0 Å². The third kappa shape index (κ3) is 5.84. The van der Waals surface area contributed by atoms with Crippen LogP contribution in [0.4, 0.5) is 0 Å². The number of morpholine rings is 1. The molecule has 1 saturated heterocycles.